The molecular formula is C10H22N2. The maximum atomic E-state index is 2.59. The van der Waals surface area contributed by atoms with Crippen LogP contribution in [0.4, 0.5) is 0 Å². The summed E-state index contributed by atoms with van der Waals surface area (Å²) in [6, 6.07) is 0. The lowest BCUT2D eigenvalue weighted by Gasteiger charge is -2.17. The maximum absolute atomic E-state index is 2.59. The van der Waals surface area contributed by atoms with Crippen LogP contribution in [0.2, 0.25) is 0 Å². The van der Waals surface area contributed by atoms with Gasteiger partial charge in [-0.2, -0.15) is 0 Å². The van der Waals surface area contributed by atoms with E-state index in [2.05, 4.69) is 23.8 Å². The van der Waals surface area contributed by atoms with Crippen LogP contribution in [-0.4, -0.2) is 49.6 Å². The Bertz CT molecular complexity index is 108. The van der Waals surface area contributed by atoms with E-state index >= 15 is 0 Å². The molecule has 1 rings (SSSR count). The minimum Gasteiger partial charge on any atom is -0.307 e. The van der Waals surface area contributed by atoms with Crippen molar-refractivity contribution in [1.29, 1.82) is 0 Å². The molecule has 0 saturated carbocycles. The first-order chi connectivity index (χ1) is 5.83. The predicted molar refractivity (Wildman–Crippen MR) is 53.5 cm³/mol. The van der Waals surface area contributed by atoms with Crippen molar-refractivity contribution in [2.75, 3.05) is 39.8 Å². The Kier molecular flexibility index (Phi) is 4.62. The molecule has 0 N–H and O–H groups in total. The molecule has 1 aliphatic rings. The highest BCUT2D eigenvalue weighted by molar-refractivity contribution is 4.66. The van der Waals surface area contributed by atoms with Gasteiger partial charge >= 0.3 is 0 Å². The summed E-state index contributed by atoms with van der Waals surface area (Å²) in [5, 5.41) is 0. The predicted octanol–water partition coefficient (Wildman–Crippen LogP) is 1.42. The lowest BCUT2D eigenvalue weighted by Crippen LogP contribution is -2.26. The highest BCUT2D eigenvalue weighted by Gasteiger charge is 2.10. The third kappa shape index (κ3) is 3.55. The Morgan fingerprint density at radius 2 is 1.92 bits per heavy atom. The van der Waals surface area contributed by atoms with Crippen LogP contribution in [0.15, 0.2) is 0 Å². The molecule has 1 heterocycles. The summed E-state index contributed by atoms with van der Waals surface area (Å²) >= 11 is 0. The average molecular weight is 170 g/mol. The maximum Gasteiger partial charge on any atom is -0.000655 e. The van der Waals surface area contributed by atoms with E-state index in [1.54, 1.807) is 0 Å². The van der Waals surface area contributed by atoms with Gasteiger partial charge in [0, 0.05) is 0 Å². The fourth-order valence-electron chi connectivity index (χ4n) is 1.73. The van der Waals surface area contributed by atoms with Gasteiger partial charge in [0.15, 0.2) is 0 Å². The molecule has 0 radical (unpaired) electrons. The lowest BCUT2D eigenvalue weighted by atomic mass is 10.3. The number of likely N-dealkylation sites (tertiary alicyclic amines) is 1. The molecule has 72 valence electrons. The van der Waals surface area contributed by atoms with E-state index in [1.165, 1.54) is 52.0 Å². The number of rotatable bonds is 5. The van der Waals surface area contributed by atoms with Crippen molar-refractivity contribution in [2.45, 2.75) is 26.2 Å². The standard InChI is InChI=1S/C10H22N2/c1-3-11(2)7-6-10-12-8-4-5-9-12/h3-10H2,1-2H3. The van der Waals surface area contributed by atoms with Gasteiger partial charge in [-0.15, -0.1) is 0 Å². The lowest BCUT2D eigenvalue weighted by molar-refractivity contribution is 0.286. The van der Waals surface area contributed by atoms with E-state index in [-0.39, 0.29) is 0 Å². The average Bonchev–Trinajstić information content (AvgIpc) is 2.57. The fraction of sp³-hybridized carbons (Fsp3) is 1.00. The SMILES string of the molecule is CCN(C)CCCN1CCCC1. The van der Waals surface area contributed by atoms with Gasteiger partial charge in [0.2, 0.25) is 0 Å². The zero-order valence-corrected chi connectivity index (χ0v) is 8.55. The third-order valence-corrected chi connectivity index (χ3v) is 2.75. The van der Waals surface area contributed by atoms with Crippen LogP contribution in [0, 0.1) is 0 Å². The zero-order chi connectivity index (χ0) is 8.81. The molecule has 0 atom stereocenters. The van der Waals surface area contributed by atoms with Crippen LogP contribution in [0.1, 0.15) is 26.2 Å². The van der Waals surface area contributed by atoms with Crippen LogP contribution in [0.5, 0.6) is 0 Å². The second-order valence-electron chi connectivity index (χ2n) is 3.80. The van der Waals surface area contributed by atoms with Crippen LogP contribution in [0.25, 0.3) is 0 Å². The second kappa shape index (κ2) is 5.55. The molecule has 12 heavy (non-hydrogen) atoms. The Morgan fingerprint density at radius 1 is 1.25 bits per heavy atom. The van der Waals surface area contributed by atoms with E-state index < -0.39 is 0 Å². The van der Waals surface area contributed by atoms with Gasteiger partial charge < -0.3 is 9.80 Å². The number of hydrogen-bond acceptors (Lipinski definition) is 2. The third-order valence-electron chi connectivity index (χ3n) is 2.75. The Morgan fingerprint density at radius 3 is 2.50 bits per heavy atom. The van der Waals surface area contributed by atoms with Gasteiger partial charge in [0.05, 0.1) is 0 Å². The smallest absolute Gasteiger partial charge is 0.000655 e. The number of hydrogen-bond donors (Lipinski definition) is 0. The van der Waals surface area contributed by atoms with E-state index in [4.69, 9.17) is 0 Å². The van der Waals surface area contributed by atoms with Gasteiger partial charge in [-0.1, -0.05) is 6.92 Å². The Balaban J connectivity index is 1.94. The van der Waals surface area contributed by atoms with E-state index in [1.807, 2.05) is 0 Å². The summed E-state index contributed by atoms with van der Waals surface area (Å²) in [5.74, 6) is 0. The molecule has 0 spiro atoms. The fourth-order valence-corrected chi connectivity index (χ4v) is 1.73. The molecule has 0 aromatic carbocycles. The normalized spacial score (nSPS) is 19.2. The first kappa shape index (κ1) is 10.0. The number of nitrogens with zero attached hydrogens (tertiary/aromatic N) is 2. The second-order valence-corrected chi connectivity index (χ2v) is 3.80. The van der Waals surface area contributed by atoms with Crippen LogP contribution in [0.3, 0.4) is 0 Å². The summed E-state index contributed by atoms with van der Waals surface area (Å²) in [7, 11) is 2.20. The molecule has 1 saturated heterocycles. The van der Waals surface area contributed by atoms with Crippen molar-refractivity contribution in [3.8, 4) is 0 Å². The quantitative estimate of drug-likeness (QED) is 0.616. The first-order valence-electron chi connectivity index (χ1n) is 5.24. The van der Waals surface area contributed by atoms with Gasteiger partial charge in [-0.25, -0.2) is 0 Å². The molecule has 1 aliphatic heterocycles. The van der Waals surface area contributed by atoms with E-state index in [0.717, 1.165) is 0 Å². The Labute approximate surface area is 76.5 Å². The zero-order valence-electron chi connectivity index (χ0n) is 8.55. The molecule has 0 amide bonds. The molecule has 0 bridgehead atoms. The highest BCUT2D eigenvalue weighted by Crippen LogP contribution is 2.07. The summed E-state index contributed by atoms with van der Waals surface area (Å²) in [6.45, 7) is 8.65. The van der Waals surface area contributed by atoms with Gasteiger partial charge in [0.1, 0.15) is 0 Å². The molecule has 0 aliphatic carbocycles. The summed E-state index contributed by atoms with van der Waals surface area (Å²) in [5.41, 5.74) is 0. The van der Waals surface area contributed by atoms with E-state index in [0.29, 0.717) is 0 Å². The topological polar surface area (TPSA) is 6.48 Å². The summed E-state index contributed by atoms with van der Waals surface area (Å²) in [4.78, 5) is 4.97. The Hall–Kier alpha value is -0.0800. The van der Waals surface area contributed by atoms with Crippen LogP contribution in [-0.2, 0) is 0 Å². The van der Waals surface area contributed by atoms with Gasteiger partial charge in [-0.3, -0.25) is 0 Å². The van der Waals surface area contributed by atoms with Crippen LogP contribution >= 0.6 is 0 Å². The van der Waals surface area contributed by atoms with Crippen molar-refractivity contribution in [3.05, 3.63) is 0 Å². The van der Waals surface area contributed by atoms with E-state index in [9.17, 15) is 0 Å². The molecule has 2 nitrogen and oxygen atoms in total. The highest BCUT2D eigenvalue weighted by atomic mass is 15.1. The first-order valence-corrected chi connectivity index (χ1v) is 5.24. The largest absolute Gasteiger partial charge is 0.307 e. The van der Waals surface area contributed by atoms with Crippen molar-refractivity contribution < 1.29 is 0 Å². The monoisotopic (exact) mass is 170 g/mol. The molecular weight excluding hydrogens is 148 g/mol. The minimum absolute atomic E-state index is 1.18. The van der Waals surface area contributed by atoms with Crippen LogP contribution < -0.4 is 0 Å². The van der Waals surface area contributed by atoms with Crippen molar-refractivity contribution >= 4 is 0 Å². The molecule has 0 unspecified atom stereocenters. The minimum atomic E-state index is 1.18. The summed E-state index contributed by atoms with van der Waals surface area (Å²) in [6.07, 6.45) is 4.18. The summed E-state index contributed by atoms with van der Waals surface area (Å²) < 4.78 is 0. The van der Waals surface area contributed by atoms with Crippen molar-refractivity contribution in [1.82, 2.24) is 9.80 Å². The van der Waals surface area contributed by atoms with Crippen molar-refractivity contribution in [2.24, 2.45) is 0 Å². The van der Waals surface area contributed by atoms with Gasteiger partial charge in [0.25, 0.3) is 0 Å². The molecule has 0 aromatic rings. The molecule has 0 aromatic heterocycles. The molecule has 1 fully saturated rings. The van der Waals surface area contributed by atoms with Gasteiger partial charge in [-0.05, 0) is 59.0 Å². The molecule has 2 heteroatoms. The van der Waals surface area contributed by atoms with Crippen molar-refractivity contribution in [3.63, 3.8) is 0 Å².